The lowest BCUT2D eigenvalue weighted by Gasteiger charge is -2.23. The molecule has 1 fully saturated rings. The highest BCUT2D eigenvalue weighted by Gasteiger charge is 2.20. The summed E-state index contributed by atoms with van der Waals surface area (Å²) in [7, 11) is 0. The number of nitrogens with one attached hydrogen (secondary N) is 2. The van der Waals surface area contributed by atoms with Crippen LogP contribution in [0.2, 0.25) is 0 Å². The summed E-state index contributed by atoms with van der Waals surface area (Å²) >= 11 is 0. The normalized spacial score (nSPS) is 16.5. The van der Waals surface area contributed by atoms with Crippen LogP contribution in [0.15, 0.2) is 54.1 Å². The second-order valence-corrected chi connectivity index (χ2v) is 7.34. The van der Waals surface area contributed by atoms with Gasteiger partial charge >= 0.3 is 0 Å². The Kier molecular flexibility index (Phi) is 5.53. The minimum Gasteiger partial charge on any atom is -0.319 e. The number of aryl methyl sites for hydroxylation is 1. The van der Waals surface area contributed by atoms with Crippen LogP contribution in [0, 0.1) is 12.8 Å². The van der Waals surface area contributed by atoms with E-state index in [0.717, 1.165) is 25.9 Å². The van der Waals surface area contributed by atoms with Crippen molar-refractivity contribution in [3.63, 3.8) is 0 Å². The van der Waals surface area contributed by atoms with E-state index in [1.165, 1.54) is 0 Å². The summed E-state index contributed by atoms with van der Waals surface area (Å²) in [5.41, 5.74) is 1.07. The molecule has 3 aromatic rings. The number of hydrogen-bond acceptors (Lipinski definition) is 5. The quantitative estimate of drug-likeness (QED) is 0.693. The van der Waals surface area contributed by atoms with E-state index >= 15 is 0 Å². The van der Waals surface area contributed by atoms with E-state index in [4.69, 9.17) is 0 Å². The largest absolute Gasteiger partial charge is 0.319 e. The smallest absolute Gasteiger partial charge is 0.263 e. The minimum absolute atomic E-state index is 0.164. The fourth-order valence-electron chi connectivity index (χ4n) is 3.71. The highest BCUT2D eigenvalue weighted by atomic mass is 16.2. The highest BCUT2D eigenvalue weighted by Crippen LogP contribution is 2.18. The number of piperidine rings is 1. The van der Waals surface area contributed by atoms with E-state index in [1.54, 1.807) is 59.3 Å². The van der Waals surface area contributed by atoms with E-state index in [2.05, 4.69) is 20.6 Å². The molecule has 0 aliphatic carbocycles. The molecule has 1 amide bonds. The summed E-state index contributed by atoms with van der Waals surface area (Å²) in [5, 5.41) is 6.22. The van der Waals surface area contributed by atoms with Crippen molar-refractivity contribution in [3.8, 4) is 5.82 Å². The SMILES string of the molecule is Cc1ccn(CC2CCCNC2)c(=O)c1C(=O)Nc1cccnc1-n1ccnc1. The van der Waals surface area contributed by atoms with Gasteiger partial charge in [-0.2, -0.15) is 0 Å². The van der Waals surface area contributed by atoms with Gasteiger partial charge in [-0.15, -0.1) is 0 Å². The third-order valence-electron chi connectivity index (χ3n) is 5.24. The van der Waals surface area contributed by atoms with Gasteiger partial charge in [0.25, 0.3) is 11.5 Å². The van der Waals surface area contributed by atoms with E-state index in [0.29, 0.717) is 29.5 Å². The second kappa shape index (κ2) is 8.40. The lowest BCUT2D eigenvalue weighted by Crippen LogP contribution is -2.36. The van der Waals surface area contributed by atoms with Crippen molar-refractivity contribution >= 4 is 11.6 Å². The van der Waals surface area contributed by atoms with E-state index < -0.39 is 5.91 Å². The number of carbonyl (C=O) groups excluding carboxylic acids is 1. The molecule has 4 heterocycles. The van der Waals surface area contributed by atoms with Crippen LogP contribution in [0.25, 0.3) is 5.82 Å². The van der Waals surface area contributed by atoms with Crippen molar-refractivity contribution < 1.29 is 4.79 Å². The number of rotatable bonds is 5. The van der Waals surface area contributed by atoms with Crippen LogP contribution in [0.3, 0.4) is 0 Å². The van der Waals surface area contributed by atoms with Crippen LogP contribution in [0.5, 0.6) is 0 Å². The number of hydrogen-bond donors (Lipinski definition) is 2. The lowest BCUT2D eigenvalue weighted by atomic mass is 9.99. The van der Waals surface area contributed by atoms with Gasteiger partial charge in [0.1, 0.15) is 11.9 Å². The molecule has 29 heavy (non-hydrogen) atoms. The number of aromatic nitrogens is 4. The molecule has 0 spiro atoms. The Balaban J connectivity index is 1.61. The van der Waals surface area contributed by atoms with Gasteiger partial charge in [0, 0.05) is 31.3 Å². The number of imidazole rings is 1. The summed E-state index contributed by atoms with van der Waals surface area (Å²) in [6, 6.07) is 5.32. The first-order valence-electron chi connectivity index (χ1n) is 9.79. The molecule has 0 radical (unpaired) electrons. The molecular weight excluding hydrogens is 368 g/mol. The van der Waals surface area contributed by atoms with Gasteiger partial charge < -0.3 is 15.2 Å². The lowest BCUT2D eigenvalue weighted by molar-refractivity contribution is 0.102. The van der Waals surface area contributed by atoms with E-state index in [-0.39, 0.29) is 11.1 Å². The number of anilines is 1. The number of nitrogens with zero attached hydrogens (tertiary/aromatic N) is 4. The third kappa shape index (κ3) is 4.12. The Hall–Kier alpha value is -3.26. The molecule has 8 nitrogen and oxygen atoms in total. The average Bonchev–Trinajstić information content (AvgIpc) is 3.26. The van der Waals surface area contributed by atoms with E-state index in [9.17, 15) is 9.59 Å². The predicted octanol–water partition coefficient (Wildman–Crippen LogP) is 1.99. The Morgan fingerprint density at radius 3 is 2.97 bits per heavy atom. The van der Waals surface area contributed by atoms with Crippen molar-refractivity contribution in [2.24, 2.45) is 5.92 Å². The van der Waals surface area contributed by atoms with Crippen molar-refractivity contribution in [1.29, 1.82) is 0 Å². The second-order valence-electron chi connectivity index (χ2n) is 7.34. The predicted molar refractivity (Wildman–Crippen MR) is 110 cm³/mol. The first kappa shape index (κ1) is 19.1. The number of pyridine rings is 2. The summed E-state index contributed by atoms with van der Waals surface area (Å²) in [6.07, 6.45) is 10.6. The first-order chi connectivity index (χ1) is 14.1. The van der Waals surface area contributed by atoms with Crippen LogP contribution < -0.4 is 16.2 Å². The Morgan fingerprint density at radius 2 is 2.21 bits per heavy atom. The van der Waals surface area contributed by atoms with Crippen LogP contribution in [-0.4, -0.2) is 38.1 Å². The standard InChI is InChI=1S/C21H24N6O2/c1-15-6-10-26(13-16-4-2-7-22-12-16)21(29)18(15)20(28)25-17-5-3-8-24-19(17)27-11-9-23-14-27/h3,5-6,8-11,14,16,22H,2,4,7,12-13H2,1H3,(H,25,28). The molecule has 1 unspecified atom stereocenters. The monoisotopic (exact) mass is 392 g/mol. The van der Waals surface area contributed by atoms with Gasteiger partial charge in [0.05, 0.1) is 5.69 Å². The first-order valence-corrected chi connectivity index (χ1v) is 9.79. The van der Waals surface area contributed by atoms with Gasteiger partial charge in [-0.25, -0.2) is 9.97 Å². The van der Waals surface area contributed by atoms with Crippen molar-refractivity contribution in [1.82, 2.24) is 24.4 Å². The summed E-state index contributed by atoms with van der Waals surface area (Å²) in [4.78, 5) is 34.4. The molecule has 0 saturated carbocycles. The highest BCUT2D eigenvalue weighted by molar-refractivity contribution is 6.05. The zero-order valence-corrected chi connectivity index (χ0v) is 16.3. The minimum atomic E-state index is -0.432. The van der Waals surface area contributed by atoms with Gasteiger partial charge in [-0.3, -0.25) is 14.2 Å². The Labute approximate surface area is 168 Å². The number of carbonyl (C=O) groups is 1. The topological polar surface area (TPSA) is 93.8 Å². The third-order valence-corrected chi connectivity index (χ3v) is 5.24. The summed E-state index contributed by atoms with van der Waals surface area (Å²) in [6.45, 7) is 4.31. The van der Waals surface area contributed by atoms with Gasteiger partial charge in [-0.05, 0) is 62.5 Å². The Morgan fingerprint density at radius 1 is 1.31 bits per heavy atom. The zero-order valence-electron chi connectivity index (χ0n) is 16.3. The molecule has 3 aromatic heterocycles. The molecular formula is C21H24N6O2. The molecule has 4 rings (SSSR count). The molecule has 8 heteroatoms. The van der Waals surface area contributed by atoms with Crippen LogP contribution >= 0.6 is 0 Å². The fourth-order valence-corrected chi connectivity index (χ4v) is 3.71. The molecule has 0 aromatic carbocycles. The molecule has 150 valence electrons. The maximum absolute atomic E-state index is 13.1. The maximum Gasteiger partial charge on any atom is 0.263 e. The number of amides is 1. The summed E-state index contributed by atoms with van der Waals surface area (Å²) < 4.78 is 3.36. The zero-order chi connectivity index (χ0) is 20.2. The van der Waals surface area contributed by atoms with Gasteiger partial charge in [0.15, 0.2) is 5.82 Å². The van der Waals surface area contributed by atoms with Gasteiger partial charge in [-0.1, -0.05) is 0 Å². The van der Waals surface area contributed by atoms with Crippen molar-refractivity contribution in [2.45, 2.75) is 26.3 Å². The van der Waals surface area contributed by atoms with Crippen molar-refractivity contribution in [2.75, 3.05) is 18.4 Å². The van der Waals surface area contributed by atoms with Crippen molar-refractivity contribution in [3.05, 3.63) is 70.8 Å². The fraction of sp³-hybridized carbons (Fsp3) is 0.333. The Bertz CT molecular complexity index is 1050. The van der Waals surface area contributed by atoms with Crippen LogP contribution in [-0.2, 0) is 6.54 Å². The molecule has 1 atom stereocenters. The van der Waals surface area contributed by atoms with E-state index in [1.807, 2.05) is 6.07 Å². The summed E-state index contributed by atoms with van der Waals surface area (Å²) in [5.74, 6) is 0.504. The average molecular weight is 392 g/mol. The molecule has 1 aliphatic rings. The maximum atomic E-state index is 13.1. The molecule has 1 aliphatic heterocycles. The molecule has 2 N–H and O–H groups in total. The van der Waals surface area contributed by atoms with Gasteiger partial charge in [0.2, 0.25) is 0 Å². The molecule has 1 saturated heterocycles. The van der Waals surface area contributed by atoms with Crippen LogP contribution in [0.4, 0.5) is 5.69 Å². The molecule has 0 bridgehead atoms. The van der Waals surface area contributed by atoms with Crippen LogP contribution in [0.1, 0.15) is 28.8 Å².